The van der Waals surface area contributed by atoms with E-state index >= 15 is 0 Å². The molecule has 5 heterocycles. The molecule has 4 nitrogen and oxygen atoms in total. The van der Waals surface area contributed by atoms with Gasteiger partial charge < -0.3 is 0 Å². The average Bonchev–Trinajstić information content (AvgIpc) is 3.88. The third-order valence-electron chi connectivity index (χ3n) is 6.98. The maximum absolute atomic E-state index is 14.2. The van der Waals surface area contributed by atoms with E-state index < -0.39 is 84.0 Å². The van der Waals surface area contributed by atoms with Gasteiger partial charge in [0.2, 0.25) is 0 Å². The fourth-order valence-electron chi connectivity index (χ4n) is 4.97. The molecule has 0 aliphatic carbocycles. The number of rotatable bonds is 7. The maximum atomic E-state index is 14.2. The van der Waals surface area contributed by atoms with Crippen molar-refractivity contribution < 1.29 is 52.7 Å². The standard InChI is InChI=1S/C33H10F12N4S5/c34-30(35,36)9-16-25(31(37,38)39)23(7-14(10-46)11-47)53-28(16)21-5-3-19(51-21)17-1-2-18(50-17)20-4-6-22(52-20)29-27(33(43,44)45)26(32(40,41)42)24(54-29)8-15(12-48)13-49/h1-8H,9H2. The highest BCUT2D eigenvalue weighted by Gasteiger charge is 2.49. The Morgan fingerprint density at radius 2 is 0.796 bits per heavy atom. The summed E-state index contributed by atoms with van der Waals surface area (Å²) >= 11 is 3.00. The number of allylic oxidation sites excluding steroid dienone is 2. The van der Waals surface area contributed by atoms with Crippen LogP contribution in [0.1, 0.15) is 32.0 Å². The first-order chi connectivity index (χ1) is 25.1. The minimum Gasteiger partial charge on any atom is -0.192 e. The van der Waals surface area contributed by atoms with Crippen LogP contribution in [0, 0.1) is 45.3 Å². The van der Waals surface area contributed by atoms with Crippen LogP contribution in [0.5, 0.6) is 0 Å². The number of halogens is 12. The average molecular weight is 851 g/mol. The zero-order valence-corrected chi connectivity index (χ0v) is 29.8. The van der Waals surface area contributed by atoms with Crippen molar-refractivity contribution in [2.75, 3.05) is 0 Å². The third kappa shape index (κ3) is 8.41. The van der Waals surface area contributed by atoms with Crippen LogP contribution in [0.2, 0.25) is 0 Å². The van der Waals surface area contributed by atoms with Crippen molar-refractivity contribution in [1.29, 1.82) is 21.0 Å². The van der Waals surface area contributed by atoms with Gasteiger partial charge in [0.05, 0.1) is 28.0 Å². The van der Waals surface area contributed by atoms with Crippen LogP contribution < -0.4 is 0 Å². The summed E-state index contributed by atoms with van der Waals surface area (Å²) in [5.74, 6) is 0. The topological polar surface area (TPSA) is 95.2 Å². The minimum absolute atomic E-state index is 0.00174. The summed E-state index contributed by atoms with van der Waals surface area (Å²) in [6, 6.07) is 13.7. The molecule has 0 aromatic carbocycles. The molecule has 5 aromatic rings. The van der Waals surface area contributed by atoms with Crippen molar-refractivity contribution in [1.82, 2.24) is 0 Å². The van der Waals surface area contributed by atoms with E-state index in [2.05, 4.69) is 0 Å². The molecule has 0 aliphatic rings. The van der Waals surface area contributed by atoms with Crippen LogP contribution in [0.15, 0.2) is 47.5 Å². The summed E-state index contributed by atoms with van der Waals surface area (Å²) in [5.41, 5.74) is -8.38. The van der Waals surface area contributed by atoms with Crippen molar-refractivity contribution in [3.05, 3.63) is 79.6 Å². The number of hydrogen-bond acceptors (Lipinski definition) is 9. The van der Waals surface area contributed by atoms with Crippen LogP contribution in [-0.4, -0.2) is 6.18 Å². The highest BCUT2D eigenvalue weighted by molar-refractivity contribution is 7.30. The SMILES string of the molecule is N#CC(C#N)=Cc1sc(-c2ccc(-c3ccc(-c4ccc(-c5sc(C=C(C#N)C#N)c(C(F)(F)F)c5C(F)(F)F)s4)s3)s2)c(CC(F)(F)F)c1C(F)(F)F. The van der Waals surface area contributed by atoms with Gasteiger partial charge in [-0.25, -0.2) is 0 Å². The van der Waals surface area contributed by atoms with Crippen LogP contribution in [0.3, 0.4) is 0 Å². The van der Waals surface area contributed by atoms with E-state index in [1.54, 1.807) is 0 Å². The van der Waals surface area contributed by atoms with Crippen LogP contribution in [-0.2, 0) is 24.9 Å². The van der Waals surface area contributed by atoms with Gasteiger partial charge in [0.15, 0.2) is 0 Å². The second kappa shape index (κ2) is 14.7. The quantitative estimate of drug-likeness (QED) is 0.120. The molecule has 54 heavy (non-hydrogen) atoms. The van der Waals surface area contributed by atoms with Crippen molar-refractivity contribution >= 4 is 68.8 Å². The Balaban J connectivity index is 1.57. The van der Waals surface area contributed by atoms with Gasteiger partial charge in [0.1, 0.15) is 35.4 Å². The Hall–Kier alpha value is -4.90. The fraction of sp³-hybridized carbons (Fsp3) is 0.152. The summed E-state index contributed by atoms with van der Waals surface area (Å²) in [7, 11) is 0. The molecule has 5 rings (SSSR count). The van der Waals surface area contributed by atoms with Gasteiger partial charge >= 0.3 is 24.7 Å². The second-order valence-corrected chi connectivity index (χ2v) is 15.9. The molecule has 0 unspecified atom stereocenters. The fourth-order valence-corrected chi connectivity index (χ4v) is 11.0. The van der Waals surface area contributed by atoms with Gasteiger partial charge in [-0.2, -0.15) is 73.7 Å². The molecule has 0 saturated heterocycles. The van der Waals surface area contributed by atoms with E-state index in [0.717, 1.165) is 22.7 Å². The number of nitrogens with zero attached hydrogens (tertiary/aromatic N) is 4. The van der Waals surface area contributed by atoms with Crippen LogP contribution in [0.25, 0.3) is 51.2 Å². The molecule has 0 fully saturated rings. The van der Waals surface area contributed by atoms with E-state index in [-0.39, 0.29) is 21.1 Å². The predicted octanol–water partition coefficient (Wildman–Crippen LogP) is 13.7. The normalized spacial score (nSPS) is 12.1. The van der Waals surface area contributed by atoms with E-state index in [1.165, 1.54) is 60.7 Å². The molecule has 276 valence electrons. The van der Waals surface area contributed by atoms with Crippen LogP contribution in [0.4, 0.5) is 52.7 Å². The molecule has 0 atom stereocenters. The summed E-state index contributed by atoms with van der Waals surface area (Å²) in [4.78, 5) is -1.63. The molecule has 0 saturated carbocycles. The highest BCUT2D eigenvalue weighted by atomic mass is 32.1. The first-order valence-corrected chi connectivity index (χ1v) is 18.1. The van der Waals surface area contributed by atoms with Gasteiger partial charge in [-0.05, 0) is 54.1 Å². The Bertz CT molecular complexity index is 2450. The molecule has 0 aliphatic heterocycles. The first kappa shape index (κ1) is 40.3. The zero-order valence-electron chi connectivity index (χ0n) is 25.7. The predicted molar refractivity (Wildman–Crippen MR) is 181 cm³/mol. The van der Waals surface area contributed by atoms with E-state index in [4.69, 9.17) is 21.0 Å². The molecule has 0 radical (unpaired) electrons. The molecule has 21 heteroatoms. The monoisotopic (exact) mass is 850 g/mol. The van der Waals surface area contributed by atoms with Gasteiger partial charge in [-0.15, -0.1) is 56.7 Å². The van der Waals surface area contributed by atoms with Gasteiger partial charge in [0.25, 0.3) is 0 Å². The molecule has 0 N–H and O–H groups in total. The third-order valence-corrected chi connectivity index (χ3v) is 13.3. The molecule has 5 aromatic heterocycles. The summed E-state index contributed by atoms with van der Waals surface area (Å²) in [6.07, 6.45) is -22.3. The molecular weight excluding hydrogens is 841 g/mol. The number of nitriles is 4. The molecule has 0 spiro atoms. The molecule has 0 bridgehead atoms. The van der Waals surface area contributed by atoms with Gasteiger partial charge in [-0.3, -0.25) is 0 Å². The molecular formula is C33H10F12N4S5. The first-order valence-electron chi connectivity index (χ1n) is 14.0. The van der Waals surface area contributed by atoms with Crippen molar-refractivity contribution in [2.45, 2.75) is 31.1 Å². The Morgan fingerprint density at radius 3 is 1.17 bits per heavy atom. The smallest absolute Gasteiger partial charge is 0.192 e. The van der Waals surface area contributed by atoms with E-state index in [1.807, 2.05) is 0 Å². The maximum Gasteiger partial charge on any atom is 0.418 e. The second-order valence-electron chi connectivity index (χ2n) is 10.5. The molecule has 0 amide bonds. The Labute approximate surface area is 315 Å². The summed E-state index contributed by atoms with van der Waals surface area (Å²) < 4.78 is 168. The van der Waals surface area contributed by atoms with Gasteiger partial charge in [0, 0.05) is 43.9 Å². The lowest BCUT2D eigenvalue weighted by atomic mass is 10.0. The van der Waals surface area contributed by atoms with Crippen molar-refractivity contribution in [3.63, 3.8) is 0 Å². The number of hydrogen-bond donors (Lipinski definition) is 0. The Kier molecular flexibility index (Phi) is 11.0. The summed E-state index contributed by atoms with van der Waals surface area (Å²) in [5, 5.41) is 36.1. The van der Waals surface area contributed by atoms with Gasteiger partial charge in [-0.1, -0.05) is 0 Å². The van der Waals surface area contributed by atoms with Crippen LogP contribution >= 0.6 is 56.7 Å². The zero-order chi connectivity index (χ0) is 40.0. The number of thiophene rings is 5. The lowest BCUT2D eigenvalue weighted by molar-refractivity contribution is -0.161. The van der Waals surface area contributed by atoms with Crippen molar-refractivity contribution in [3.8, 4) is 63.3 Å². The largest absolute Gasteiger partial charge is 0.418 e. The van der Waals surface area contributed by atoms with E-state index in [0.29, 0.717) is 54.3 Å². The Morgan fingerprint density at radius 1 is 0.463 bits per heavy atom. The minimum atomic E-state index is -5.51. The van der Waals surface area contributed by atoms with Crippen molar-refractivity contribution in [2.24, 2.45) is 0 Å². The lowest BCUT2D eigenvalue weighted by Crippen LogP contribution is -2.16. The van der Waals surface area contributed by atoms with E-state index in [9.17, 15) is 52.7 Å². The number of alkyl halides is 12. The lowest BCUT2D eigenvalue weighted by Gasteiger charge is -2.13. The highest BCUT2D eigenvalue weighted by Crippen LogP contribution is 2.54. The summed E-state index contributed by atoms with van der Waals surface area (Å²) in [6.45, 7) is 0.